The Hall–Kier alpha value is 1.10. The molecule has 0 saturated carbocycles. The molecule has 0 spiro atoms. The second-order valence-corrected chi connectivity index (χ2v) is 5.60. The molecule has 0 fully saturated rings. The van der Waals surface area contributed by atoms with Gasteiger partial charge in [0.2, 0.25) is 0 Å². The predicted octanol–water partition coefficient (Wildman–Crippen LogP) is 6.46. The van der Waals surface area contributed by atoms with E-state index in [0.717, 1.165) is 11.8 Å². The van der Waals surface area contributed by atoms with Crippen molar-refractivity contribution in [1.29, 1.82) is 0 Å². The van der Waals surface area contributed by atoms with Crippen LogP contribution in [0.25, 0.3) is 0 Å². The third-order valence-corrected chi connectivity index (χ3v) is 3.78. The van der Waals surface area contributed by atoms with Crippen LogP contribution >= 0.6 is 0 Å². The van der Waals surface area contributed by atoms with E-state index in [1.54, 1.807) is 0 Å². The Bertz CT molecular complexity index is 134. The number of rotatable bonds is 11. The number of hydrogen-bond donors (Lipinski definition) is 0. The van der Waals surface area contributed by atoms with Crippen molar-refractivity contribution < 1.29 is 32.7 Å². The summed E-state index contributed by atoms with van der Waals surface area (Å²) in [6, 6.07) is 0. The van der Waals surface area contributed by atoms with Gasteiger partial charge >= 0.3 is 0 Å². The molecule has 109 valence electrons. The van der Waals surface area contributed by atoms with E-state index in [2.05, 4.69) is 34.1 Å². The Morgan fingerprint density at radius 1 is 0.833 bits per heavy atom. The van der Waals surface area contributed by atoms with E-state index in [0.29, 0.717) is 0 Å². The molecule has 0 N–H and O–H groups in total. The molecular formula is C17H36Y-2. The molecule has 0 aromatic heterocycles. The molecular weight excluding hydrogens is 293 g/mol. The zero-order chi connectivity index (χ0) is 12.2. The van der Waals surface area contributed by atoms with Crippen molar-refractivity contribution in [2.45, 2.75) is 85.5 Å². The predicted molar refractivity (Wildman–Crippen MR) is 81.9 cm³/mol. The van der Waals surface area contributed by atoms with Crippen LogP contribution in [0.15, 0.2) is 0 Å². The van der Waals surface area contributed by atoms with E-state index >= 15 is 0 Å². The Balaban J connectivity index is -0.00000112. The van der Waals surface area contributed by atoms with E-state index in [9.17, 15) is 0 Å². The SMILES string of the molecule is C[CH-]CCCC(C)CCCCCC(C)CC.[CH3-].[Y]. The molecule has 0 heterocycles. The first-order valence-electron chi connectivity index (χ1n) is 7.48. The van der Waals surface area contributed by atoms with Crippen LogP contribution in [0.4, 0.5) is 0 Å². The van der Waals surface area contributed by atoms with Crippen molar-refractivity contribution >= 4 is 0 Å². The Morgan fingerprint density at radius 2 is 1.33 bits per heavy atom. The molecule has 1 heteroatoms. The first kappa shape index (κ1) is 24.1. The fraction of sp³-hybridized carbons (Fsp3) is 0.882. The standard InChI is InChI=1S/C16H33.CH3.Y/c1-5-7-9-13-16(4)14-11-8-10-12-15(3)6-2;;/h5,15-16H,6-14H2,1-4H3;1H3;/q2*-1;. The van der Waals surface area contributed by atoms with E-state index in [1.807, 2.05) is 0 Å². The van der Waals surface area contributed by atoms with Crippen LogP contribution in [-0.4, -0.2) is 0 Å². The monoisotopic (exact) mass is 329 g/mol. The maximum atomic E-state index is 2.42. The molecule has 0 rings (SSSR count). The van der Waals surface area contributed by atoms with Crippen LogP contribution in [-0.2, 0) is 32.7 Å². The Kier molecular flexibility index (Phi) is 24.3. The molecule has 0 aliphatic rings. The van der Waals surface area contributed by atoms with Crippen LogP contribution in [0.3, 0.4) is 0 Å². The fourth-order valence-electron chi connectivity index (χ4n) is 2.18. The first-order chi connectivity index (χ1) is 7.70. The van der Waals surface area contributed by atoms with Crippen molar-refractivity contribution in [2.75, 3.05) is 0 Å². The molecule has 2 unspecified atom stereocenters. The van der Waals surface area contributed by atoms with Gasteiger partial charge in [-0.1, -0.05) is 72.1 Å². The fourth-order valence-corrected chi connectivity index (χ4v) is 2.18. The van der Waals surface area contributed by atoms with Crippen molar-refractivity contribution in [2.24, 2.45) is 11.8 Å². The maximum Gasteiger partial charge on any atom is 0 e. The minimum atomic E-state index is 0. The summed E-state index contributed by atoms with van der Waals surface area (Å²) in [6.45, 7) is 9.27. The smallest absolute Gasteiger partial charge is 0 e. The maximum absolute atomic E-state index is 2.42. The van der Waals surface area contributed by atoms with E-state index < -0.39 is 0 Å². The van der Waals surface area contributed by atoms with Gasteiger partial charge in [-0.2, -0.15) is 13.3 Å². The topological polar surface area (TPSA) is 0 Å². The minimum absolute atomic E-state index is 0. The van der Waals surface area contributed by atoms with Gasteiger partial charge in [0.05, 0.1) is 0 Å². The average Bonchev–Trinajstić information content (AvgIpc) is 2.28. The van der Waals surface area contributed by atoms with E-state index in [-0.39, 0.29) is 40.1 Å². The molecule has 2 atom stereocenters. The molecule has 18 heavy (non-hydrogen) atoms. The summed E-state index contributed by atoms with van der Waals surface area (Å²) in [6.07, 6.45) is 15.0. The molecule has 0 aliphatic heterocycles. The van der Waals surface area contributed by atoms with Gasteiger partial charge in [-0.3, -0.25) is 0 Å². The van der Waals surface area contributed by atoms with Gasteiger partial charge in [0.25, 0.3) is 0 Å². The molecule has 0 saturated heterocycles. The van der Waals surface area contributed by atoms with Gasteiger partial charge < -0.3 is 13.8 Å². The molecule has 0 bridgehead atoms. The summed E-state index contributed by atoms with van der Waals surface area (Å²) < 4.78 is 0. The van der Waals surface area contributed by atoms with Gasteiger partial charge in [-0.05, 0) is 11.8 Å². The van der Waals surface area contributed by atoms with Crippen molar-refractivity contribution in [3.05, 3.63) is 13.8 Å². The molecule has 0 aliphatic carbocycles. The van der Waals surface area contributed by atoms with Crippen LogP contribution in [0.5, 0.6) is 0 Å². The summed E-state index contributed by atoms with van der Waals surface area (Å²) in [4.78, 5) is 0. The van der Waals surface area contributed by atoms with E-state index in [1.165, 1.54) is 57.8 Å². The van der Waals surface area contributed by atoms with Gasteiger partial charge in [-0.15, -0.1) is 0 Å². The van der Waals surface area contributed by atoms with Gasteiger partial charge in [0.15, 0.2) is 0 Å². The van der Waals surface area contributed by atoms with Crippen molar-refractivity contribution in [3.8, 4) is 0 Å². The first-order valence-corrected chi connectivity index (χ1v) is 7.48. The van der Waals surface area contributed by atoms with Crippen LogP contribution < -0.4 is 0 Å². The zero-order valence-corrected chi connectivity index (χ0v) is 16.5. The average molecular weight is 329 g/mol. The quantitative estimate of drug-likeness (QED) is 0.301. The molecule has 1 radical (unpaired) electrons. The number of hydrogen-bond acceptors (Lipinski definition) is 0. The second-order valence-electron chi connectivity index (χ2n) is 5.60. The summed E-state index contributed by atoms with van der Waals surface area (Å²) in [7, 11) is 0. The Morgan fingerprint density at radius 3 is 1.83 bits per heavy atom. The number of unbranched alkanes of at least 4 members (excludes halogenated alkanes) is 4. The van der Waals surface area contributed by atoms with E-state index in [4.69, 9.17) is 0 Å². The van der Waals surface area contributed by atoms with Gasteiger partial charge in [-0.25, -0.2) is 0 Å². The molecule has 0 nitrogen and oxygen atoms in total. The van der Waals surface area contributed by atoms with Gasteiger partial charge in [0, 0.05) is 32.7 Å². The molecule has 0 amide bonds. The third-order valence-electron chi connectivity index (χ3n) is 3.78. The Labute approximate surface area is 143 Å². The van der Waals surface area contributed by atoms with Crippen LogP contribution in [0.1, 0.15) is 85.5 Å². The van der Waals surface area contributed by atoms with Crippen molar-refractivity contribution in [1.82, 2.24) is 0 Å². The minimum Gasteiger partial charge on any atom is -0.358 e. The zero-order valence-electron chi connectivity index (χ0n) is 13.7. The van der Waals surface area contributed by atoms with Crippen molar-refractivity contribution in [3.63, 3.8) is 0 Å². The largest absolute Gasteiger partial charge is 0.358 e. The van der Waals surface area contributed by atoms with Crippen LogP contribution in [0.2, 0.25) is 0 Å². The normalized spacial score (nSPS) is 13.3. The molecule has 0 aromatic carbocycles. The summed E-state index contributed by atoms with van der Waals surface area (Å²) >= 11 is 0. The second kappa shape index (κ2) is 18.1. The van der Waals surface area contributed by atoms with Crippen LogP contribution in [0, 0.1) is 25.7 Å². The summed E-state index contributed by atoms with van der Waals surface area (Å²) in [5.41, 5.74) is 0. The van der Waals surface area contributed by atoms with Gasteiger partial charge in [0.1, 0.15) is 0 Å². The summed E-state index contributed by atoms with van der Waals surface area (Å²) in [5.74, 6) is 1.89. The molecule has 0 aromatic rings. The third kappa shape index (κ3) is 17.1. The summed E-state index contributed by atoms with van der Waals surface area (Å²) in [5, 5.41) is 0.